The van der Waals surface area contributed by atoms with Crippen molar-refractivity contribution < 1.29 is 27.1 Å². The first kappa shape index (κ1) is 26.9. The summed E-state index contributed by atoms with van der Waals surface area (Å²) in [6, 6.07) is 3.17. The topological polar surface area (TPSA) is 93.1 Å². The molecule has 0 unspecified atom stereocenters. The number of nitrogens with one attached hydrogen (secondary N) is 1. The summed E-state index contributed by atoms with van der Waals surface area (Å²) in [6.07, 6.45) is -1.49. The Morgan fingerprint density at radius 2 is 2.03 bits per heavy atom. The van der Waals surface area contributed by atoms with Gasteiger partial charge in [0.05, 0.1) is 35.0 Å². The van der Waals surface area contributed by atoms with Gasteiger partial charge < -0.3 is 15.0 Å². The third kappa shape index (κ3) is 6.77. The molecule has 2 atom stereocenters. The molecule has 37 heavy (non-hydrogen) atoms. The fourth-order valence-corrected chi connectivity index (χ4v) is 4.94. The summed E-state index contributed by atoms with van der Waals surface area (Å²) in [6.45, 7) is 5.69. The summed E-state index contributed by atoms with van der Waals surface area (Å²) in [4.78, 5) is 27.0. The molecule has 13 heteroatoms. The molecule has 0 bridgehead atoms. The zero-order valence-electron chi connectivity index (χ0n) is 20.3. The Hall–Kier alpha value is -3.19. The largest absolute Gasteiger partial charge is 0.471 e. The molecule has 0 saturated carbocycles. The van der Waals surface area contributed by atoms with Crippen LogP contribution in [0.1, 0.15) is 52.1 Å². The molecule has 1 aliphatic heterocycles. The van der Waals surface area contributed by atoms with Crippen LogP contribution >= 0.6 is 11.5 Å². The van der Waals surface area contributed by atoms with Crippen LogP contribution < -0.4 is 10.1 Å². The Balaban J connectivity index is 1.37. The number of aryl methyl sites for hydroxylation is 1. The number of pyridine rings is 1. The SMILES string of the molecule is CCCN1CC[C@H](Oc2ccc(NC(=O)c3c(C)nsc3Cc3cnc(C(F)(F)F)cn3)cn2)[C@H](F)C1. The van der Waals surface area contributed by atoms with Crippen molar-refractivity contribution in [3.63, 3.8) is 0 Å². The number of rotatable bonds is 8. The molecule has 1 N–H and O–H groups in total. The average Bonchev–Trinajstić information content (AvgIpc) is 3.22. The first-order chi connectivity index (χ1) is 17.6. The van der Waals surface area contributed by atoms with Crippen LogP contribution in [0.5, 0.6) is 5.88 Å². The van der Waals surface area contributed by atoms with Crippen LogP contribution in [0.2, 0.25) is 0 Å². The first-order valence-corrected chi connectivity index (χ1v) is 12.5. The van der Waals surface area contributed by atoms with E-state index in [1.807, 2.05) is 0 Å². The minimum atomic E-state index is -4.58. The molecular weight excluding hydrogens is 512 g/mol. The molecule has 1 aliphatic rings. The molecule has 1 saturated heterocycles. The Bertz CT molecular complexity index is 1200. The second-order valence-corrected chi connectivity index (χ2v) is 9.59. The van der Waals surface area contributed by atoms with Gasteiger partial charge >= 0.3 is 6.18 Å². The number of likely N-dealkylation sites (tertiary alicyclic amines) is 1. The Kier molecular flexibility index (Phi) is 8.32. The van der Waals surface area contributed by atoms with Gasteiger partial charge in [0.1, 0.15) is 12.3 Å². The van der Waals surface area contributed by atoms with E-state index < -0.39 is 30.1 Å². The molecule has 0 spiro atoms. The Morgan fingerprint density at radius 1 is 1.22 bits per heavy atom. The van der Waals surface area contributed by atoms with Gasteiger partial charge in [-0.25, -0.2) is 14.4 Å². The average molecular weight is 539 g/mol. The van der Waals surface area contributed by atoms with E-state index in [-0.39, 0.29) is 18.0 Å². The van der Waals surface area contributed by atoms with E-state index in [4.69, 9.17) is 4.74 Å². The highest BCUT2D eigenvalue weighted by atomic mass is 32.1. The van der Waals surface area contributed by atoms with Crippen molar-refractivity contribution in [1.82, 2.24) is 24.2 Å². The van der Waals surface area contributed by atoms with Crippen molar-refractivity contribution in [2.75, 3.05) is 25.0 Å². The number of carbonyl (C=O) groups excluding carboxylic acids is 1. The summed E-state index contributed by atoms with van der Waals surface area (Å²) in [5.41, 5.74) is 0.386. The number of alkyl halides is 4. The number of aromatic nitrogens is 4. The lowest BCUT2D eigenvalue weighted by molar-refractivity contribution is -0.141. The van der Waals surface area contributed by atoms with Gasteiger partial charge in [0.2, 0.25) is 5.88 Å². The molecule has 198 valence electrons. The van der Waals surface area contributed by atoms with Gasteiger partial charge in [-0.3, -0.25) is 9.78 Å². The summed E-state index contributed by atoms with van der Waals surface area (Å²) >= 11 is 1.07. The number of hydrogen-bond donors (Lipinski definition) is 1. The summed E-state index contributed by atoms with van der Waals surface area (Å²) in [5.74, 6) is -0.173. The second kappa shape index (κ2) is 11.5. The molecule has 8 nitrogen and oxygen atoms in total. The number of ether oxygens (including phenoxy) is 1. The van der Waals surface area contributed by atoms with Gasteiger partial charge in [0, 0.05) is 36.7 Å². The number of carbonyl (C=O) groups is 1. The van der Waals surface area contributed by atoms with Gasteiger partial charge in [-0.1, -0.05) is 6.92 Å². The standard InChI is InChI=1S/C24H26F4N6O2S/c1-3-7-34-8-6-18(17(25)13-34)36-21-5-4-15(10-31-21)32-23(35)22-14(2)33-37-19(22)9-16-11-30-20(12-29-16)24(26,27)28/h4-5,10-12,17-18H,3,6-9,13H2,1-2H3,(H,32,35)/t17-,18+/m1/s1. The van der Waals surface area contributed by atoms with E-state index in [0.717, 1.165) is 37.2 Å². The van der Waals surface area contributed by atoms with Crippen LogP contribution in [-0.4, -0.2) is 62.0 Å². The third-order valence-electron chi connectivity index (χ3n) is 5.87. The quantitative estimate of drug-likeness (QED) is 0.416. The molecule has 4 rings (SSSR count). The van der Waals surface area contributed by atoms with Gasteiger partial charge in [-0.15, -0.1) is 0 Å². The van der Waals surface area contributed by atoms with Crippen LogP contribution in [0, 0.1) is 6.92 Å². The fourth-order valence-electron chi connectivity index (χ4n) is 4.06. The second-order valence-electron chi connectivity index (χ2n) is 8.73. The van der Waals surface area contributed by atoms with E-state index in [1.54, 1.807) is 19.1 Å². The molecule has 0 aromatic carbocycles. The lowest BCUT2D eigenvalue weighted by atomic mass is 10.1. The van der Waals surface area contributed by atoms with E-state index >= 15 is 0 Å². The summed E-state index contributed by atoms with van der Waals surface area (Å²) in [7, 11) is 0. The van der Waals surface area contributed by atoms with Gasteiger partial charge in [0.15, 0.2) is 5.69 Å². The number of amides is 1. The van der Waals surface area contributed by atoms with E-state index in [1.165, 1.54) is 6.20 Å². The Labute approximate surface area is 215 Å². The molecule has 0 aliphatic carbocycles. The Morgan fingerprint density at radius 3 is 2.65 bits per heavy atom. The van der Waals surface area contributed by atoms with Crippen molar-refractivity contribution in [2.45, 2.75) is 51.6 Å². The van der Waals surface area contributed by atoms with Gasteiger partial charge in [-0.2, -0.15) is 17.5 Å². The third-order valence-corrected chi connectivity index (χ3v) is 6.80. The van der Waals surface area contributed by atoms with Crippen LogP contribution in [0.4, 0.5) is 23.2 Å². The van der Waals surface area contributed by atoms with Crippen molar-refractivity contribution in [2.24, 2.45) is 0 Å². The number of halogens is 4. The molecule has 4 heterocycles. The lowest BCUT2D eigenvalue weighted by Crippen LogP contribution is -2.47. The molecule has 1 fully saturated rings. The normalized spacial score (nSPS) is 18.5. The molecule has 3 aromatic heterocycles. The monoisotopic (exact) mass is 538 g/mol. The van der Waals surface area contributed by atoms with Crippen LogP contribution in [-0.2, 0) is 12.6 Å². The van der Waals surface area contributed by atoms with Crippen molar-refractivity contribution >= 4 is 23.1 Å². The van der Waals surface area contributed by atoms with Crippen molar-refractivity contribution in [1.29, 1.82) is 0 Å². The number of hydrogen-bond acceptors (Lipinski definition) is 8. The predicted octanol–water partition coefficient (Wildman–Crippen LogP) is 4.70. The van der Waals surface area contributed by atoms with Crippen LogP contribution in [0.25, 0.3) is 0 Å². The molecular formula is C24H26F4N6O2S. The minimum Gasteiger partial charge on any atom is -0.471 e. The molecule has 1 amide bonds. The summed E-state index contributed by atoms with van der Waals surface area (Å²) in [5, 5.41) is 2.74. The zero-order chi connectivity index (χ0) is 26.6. The zero-order valence-corrected chi connectivity index (χ0v) is 21.1. The minimum absolute atomic E-state index is 0.103. The summed E-state index contributed by atoms with van der Waals surface area (Å²) < 4.78 is 62.7. The first-order valence-electron chi connectivity index (χ1n) is 11.8. The maximum Gasteiger partial charge on any atom is 0.434 e. The molecule has 0 radical (unpaired) electrons. The van der Waals surface area contributed by atoms with E-state index in [9.17, 15) is 22.4 Å². The highest BCUT2D eigenvalue weighted by molar-refractivity contribution is 7.06. The maximum atomic E-state index is 14.5. The smallest absolute Gasteiger partial charge is 0.434 e. The highest BCUT2D eigenvalue weighted by Crippen LogP contribution is 2.28. The van der Waals surface area contributed by atoms with Gasteiger partial charge in [0.25, 0.3) is 5.91 Å². The van der Waals surface area contributed by atoms with Crippen molar-refractivity contribution in [3.8, 4) is 5.88 Å². The maximum absolute atomic E-state index is 14.5. The predicted molar refractivity (Wildman–Crippen MR) is 130 cm³/mol. The highest BCUT2D eigenvalue weighted by Gasteiger charge is 2.33. The lowest BCUT2D eigenvalue weighted by Gasteiger charge is -2.34. The van der Waals surface area contributed by atoms with Crippen LogP contribution in [0.3, 0.4) is 0 Å². The van der Waals surface area contributed by atoms with E-state index in [0.29, 0.717) is 41.0 Å². The molecule has 3 aromatic rings. The number of piperidine rings is 1. The van der Waals surface area contributed by atoms with Crippen molar-refractivity contribution in [3.05, 3.63) is 58.2 Å². The fraction of sp³-hybridized carbons (Fsp3) is 0.458. The van der Waals surface area contributed by atoms with Crippen LogP contribution in [0.15, 0.2) is 30.7 Å². The number of nitrogens with zero attached hydrogens (tertiary/aromatic N) is 5. The van der Waals surface area contributed by atoms with E-state index in [2.05, 4.69) is 36.5 Å². The number of anilines is 1. The van der Waals surface area contributed by atoms with Gasteiger partial charge in [-0.05, 0) is 43.9 Å².